The van der Waals surface area contributed by atoms with Crippen LogP contribution in [0.1, 0.15) is 22.8 Å². The molecule has 0 fully saturated rings. The minimum Gasteiger partial charge on any atom is -0.438 e. The average Bonchev–Trinajstić information content (AvgIpc) is 2.85. The molecular formula is C27H21FN2O4. The Bertz CT molecular complexity index is 1310. The van der Waals surface area contributed by atoms with E-state index in [9.17, 15) is 14.0 Å². The third-order valence-corrected chi connectivity index (χ3v) is 4.91. The number of benzene rings is 3. The van der Waals surface area contributed by atoms with E-state index in [1.54, 1.807) is 24.3 Å². The fourth-order valence-corrected chi connectivity index (χ4v) is 3.29. The number of nitrogens with zero attached hydrogens (tertiary/aromatic N) is 1. The number of carbonyl (C=O) groups excluding carboxylic acids is 2. The predicted molar refractivity (Wildman–Crippen MR) is 125 cm³/mol. The van der Waals surface area contributed by atoms with Gasteiger partial charge >= 0.3 is 5.97 Å². The average molecular weight is 456 g/mol. The first-order chi connectivity index (χ1) is 16.5. The molecule has 0 spiro atoms. The van der Waals surface area contributed by atoms with Gasteiger partial charge in [-0.3, -0.25) is 9.59 Å². The first kappa shape index (κ1) is 22.7. The van der Waals surface area contributed by atoms with Crippen molar-refractivity contribution in [3.8, 4) is 28.5 Å². The molecule has 4 rings (SSSR count). The van der Waals surface area contributed by atoms with Crippen molar-refractivity contribution in [1.29, 1.82) is 0 Å². The molecule has 6 nitrogen and oxygen atoms in total. The second-order valence-electron chi connectivity index (χ2n) is 7.38. The highest BCUT2D eigenvalue weighted by molar-refractivity contribution is 5.96. The number of esters is 1. The quantitative estimate of drug-likeness (QED) is 0.292. The Balaban J connectivity index is 1.52. The van der Waals surface area contributed by atoms with Crippen LogP contribution in [0, 0.1) is 5.82 Å². The SMILES string of the molecule is CC(=O)Oc1cc(-c2ccccc2)ccc1CNC(=O)c1cccnc1Oc1ccc(F)cc1. The highest BCUT2D eigenvalue weighted by Crippen LogP contribution is 2.28. The maximum atomic E-state index is 13.2. The molecule has 1 N–H and O–H groups in total. The summed E-state index contributed by atoms with van der Waals surface area (Å²) < 4.78 is 24.2. The Labute approximate surface area is 196 Å². The number of pyridine rings is 1. The Kier molecular flexibility index (Phi) is 6.93. The summed E-state index contributed by atoms with van der Waals surface area (Å²) in [6.45, 7) is 1.44. The zero-order valence-corrected chi connectivity index (χ0v) is 18.3. The highest BCUT2D eigenvalue weighted by Gasteiger charge is 2.16. The molecule has 0 bridgehead atoms. The van der Waals surface area contributed by atoms with Crippen LogP contribution in [0.2, 0.25) is 0 Å². The second kappa shape index (κ2) is 10.4. The number of rotatable bonds is 7. The number of nitrogens with one attached hydrogen (secondary N) is 1. The fraction of sp³-hybridized carbons (Fsp3) is 0.0741. The molecule has 0 aliphatic carbocycles. The van der Waals surface area contributed by atoms with Crippen molar-refractivity contribution >= 4 is 11.9 Å². The van der Waals surface area contributed by atoms with Crippen LogP contribution in [0.15, 0.2) is 91.1 Å². The molecule has 0 atom stereocenters. The van der Waals surface area contributed by atoms with Crippen molar-refractivity contribution in [3.05, 3.63) is 108 Å². The summed E-state index contributed by atoms with van der Waals surface area (Å²) in [5.41, 5.74) is 2.70. The molecule has 7 heteroatoms. The van der Waals surface area contributed by atoms with Crippen LogP contribution < -0.4 is 14.8 Å². The van der Waals surface area contributed by atoms with Crippen molar-refractivity contribution < 1.29 is 23.5 Å². The number of amides is 1. The lowest BCUT2D eigenvalue weighted by molar-refractivity contribution is -0.131. The summed E-state index contributed by atoms with van der Waals surface area (Å²) in [5.74, 6) is -0.475. The lowest BCUT2D eigenvalue weighted by atomic mass is 10.0. The van der Waals surface area contributed by atoms with Crippen molar-refractivity contribution in [2.45, 2.75) is 13.5 Å². The summed E-state index contributed by atoms with van der Waals surface area (Å²) in [4.78, 5) is 28.7. The molecule has 0 radical (unpaired) electrons. The molecule has 170 valence electrons. The van der Waals surface area contributed by atoms with Gasteiger partial charge in [0.15, 0.2) is 0 Å². The number of carbonyl (C=O) groups is 2. The molecule has 34 heavy (non-hydrogen) atoms. The molecule has 4 aromatic rings. The minimum absolute atomic E-state index is 0.0891. The molecule has 1 aromatic heterocycles. The van der Waals surface area contributed by atoms with Gasteiger partial charge in [0.1, 0.15) is 22.9 Å². The van der Waals surface area contributed by atoms with Gasteiger partial charge in [-0.05, 0) is 53.6 Å². The van der Waals surface area contributed by atoms with Crippen molar-refractivity contribution in [1.82, 2.24) is 10.3 Å². The van der Waals surface area contributed by atoms with Crippen LogP contribution in [-0.2, 0) is 11.3 Å². The molecule has 3 aromatic carbocycles. The van der Waals surface area contributed by atoms with E-state index in [0.29, 0.717) is 17.1 Å². The summed E-state index contributed by atoms with van der Waals surface area (Å²) in [6, 6.07) is 23.8. The van der Waals surface area contributed by atoms with Gasteiger partial charge in [0.2, 0.25) is 5.88 Å². The van der Waals surface area contributed by atoms with E-state index >= 15 is 0 Å². The van der Waals surface area contributed by atoms with Crippen LogP contribution in [0.5, 0.6) is 17.4 Å². The van der Waals surface area contributed by atoms with Crippen LogP contribution in [0.25, 0.3) is 11.1 Å². The predicted octanol–water partition coefficient (Wildman–Crippen LogP) is 5.54. The van der Waals surface area contributed by atoms with Gasteiger partial charge in [0.25, 0.3) is 5.91 Å². The smallest absolute Gasteiger partial charge is 0.308 e. The molecule has 1 amide bonds. The zero-order chi connectivity index (χ0) is 23.9. The minimum atomic E-state index is -0.458. The standard InChI is InChI=1S/C27H21FN2O4/c1-18(31)33-25-16-20(19-6-3-2-4-7-19)9-10-21(25)17-30-26(32)24-8-5-15-29-27(24)34-23-13-11-22(28)12-14-23/h2-16H,17H2,1H3,(H,30,32). The molecule has 1 heterocycles. The number of halogens is 1. The van der Waals surface area contributed by atoms with E-state index in [4.69, 9.17) is 9.47 Å². The Morgan fingerprint density at radius 1 is 0.912 bits per heavy atom. The maximum absolute atomic E-state index is 13.2. The zero-order valence-electron chi connectivity index (χ0n) is 18.3. The highest BCUT2D eigenvalue weighted by atomic mass is 19.1. The lowest BCUT2D eigenvalue weighted by Crippen LogP contribution is -2.24. The lowest BCUT2D eigenvalue weighted by Gasteiger charge is -2.13. The van der Waals surface area contributed by atoms with Gasteiger partial charge in [0, 0.05) is 25.2 Å². The van der Waals surface area contributed by atoms with Gasteiger partial charge < -0.3 is 14.8 Å². The Morgan fingerprint density at radius 3 is 2.41 bits per heavy atom. The number of hydrogen-bond acceptors (Lipinski definition) is 5. The van der Waals surface area contributed by atoms with Crippen molar-refractivity contribution in [3.63, 3.8) is 0 Å². The normalized spacial score (nSPS) is 10.4. The van der Waals surface area contributed by atoms with Crippen LogP contribution in [0.4, 0.5) is 4.39 Å². The van der Waals surface area contributed by atoms with E-state index in [2.05, 4.69) is 10.3 Å². The summed E-state index contributed by atoms with van der Waals surface area (Å²) in [5, 5.41) is 2.81. The van der Waals surface area contributed by atoms with Gasteiger partial charge in [-0.25, -0.2) is 9.37 Å². The summed E-state index contributed by atoms with van der Waals surface area (Å²) in [6.07, 6.45) is 1.50. The van der Waals surface area contributed by atoms with Gasteiger partial charge in [-0.1, -0.05) is 42.5 Å². The molecule has 0 aliphatic heterocycles. The largest absolute Gasteiger partial charge is 0.438 e. The van der Waals surface area contributed by atoms with E-state index in [-0.39, 0.29) is 18.0 Å². The topological polar surface area (TPSA) is 77.5 Å². The third-order valence-electron chi connectivity index (χ3n) is 4.91. The summed E-state index contributed by atoms with van der Waals surface area (Å²) in [7, 11) is 0. The van der Waals surface area contributed by atoms with Crippen molar-refractivity contribution in [2.75, 3.05) is 0 Å². The monoisotopic (exact) mass is 456 g/mol. The first-order valence-corrected chi connectivity index (χ1v) is 10.5. The van der Waals surface area contributed by atoms with Crippen LogP contribution in [0.3, 0.4) is 0 Å². The first-order valence-electron chi connectivity index (χ1n) is 10.5. The number of aromatic nitrogens is 1. The van der Waals surface area contributed by atoms with E-state index in [1.807, 2.05) is 36.4 Å². The molecule has 0 aliphatic rings. The van der Waals surface area contributed by atoms with Gasteiger partial charge in [-0.2, -0.15) is 0 Å². The number of ether oxygens (including phenoxy) is 2. The Hall–Kier alpha value is -4.52. The van der Waals surface area contributed by atoms with Gasteiger partial charge in [0.05, 0.1) is 0 Å². The Morgan fingerprint density at radius 2 is 1.68 bits per heavy atom. The van der Waals surface area contributed by atoms with Crippen LogP contribution >= 0.6 is 0 Å². The van der Waals surface area contributed by atoms with Crippen LogP contribution in [-0.4, -0.2) is 16.9 Å². The third kappa shape index (κ3) is 5.63. The number of hydrogen-bond donors (Lipinski definition) is 1. The van der Waals surface area contributed by atoms with Gasteiger partial charge in [-0.15, -0.1) is 0 Å². The second-order valence-corrected chi connectivity index (χ2v) is 7.38. The summed E-state index contributed by atoms with van der Waals surface area (Å²) >= 11 is 0. The maximum Gasteiger partial charge on any atom is 0.308 e. The van der Waals surface area contributed by atoms with Crippen molar-refractivity contribution in [2.24, 2.45) is 0 Å². The fourth-order valence-electron chi connectivity index (χ4n) is 3.29. The molecule has 0 saturated carbocycles. The molecular weight excluding hydrogens is 435 g/mol. The molecule has 0 unspecified atom stereocenters. The van der Waals surface area contributed by atoms with E-state index in [0.717, 1.165) is 11.1 Å². The van der Waals surface area contributed by atoms with E-state index in [1.165, 1.54) is 37.4 Å². The molecule has 0 saturated heterocycles. The van der Waals surface area contributed by atoms with E-state index < -0.39 is 17.7 Å².